The van der Waals surface area contributed by atoms with Crippen LogP contribution in [0.1, 0.15) is 54.2 Å². The Hall–Kier alpha value is -0.800. The van der Waals surface area contributed by atoms with Crippen LogP contribution in [0.3, 0.4) is 0 Å². The highest BCUT2D eigenvalue weighted by molar-refractivity contribution is 5.38. The maximum atomic E-state index is 6.08. The molecule has 0 aromatic carbocycles. The van der Waals surface area contributed by atoms with E-state index in [0.29, 0.717) is 5.92 Å². The first-order chi connectivity index (χ1) is 7.90. The quantitative estimate of drug-likeness (QED) is 0.819. The summed E-state index contributed by atoms with van der Waals surface area (Å²) in [7, 11) is 0. The first-order valence-corrected chi connectivity index (χ1v) is 6.44. The molecule has 0 saturated heterocycles. The summed E-state index contributed by atoms with van der Waals surface area (Å²) in [4.78, 5) is 0. The third-order valence-electron chi connectivity index (χ3n) is 3.94. The van der Waals surface area contributed by atoms with Crippen LogP contribution in [0, 0.1) is 0 Å². The average Bonchev–Trinajstić information content (AvgIpc) is 2.93. The van der Waals surface area contributed by atoms with Crippen molar-refractivity contribution in [1.82, 2.24) is 5.32 Å². The molecule has 1 aromatic rings. The summed E-state index contributed by atoms with van der Waals surface area (Å²) in [6.07, 6.45) is 6.30. The molecule has 1 aliphatic carbocycles. The number of fused-ring (bicyclic) bond motifs is 1. The third kappa shape index (κ3) is 1.59. The Labute approximate surface area is 96.4 Å². The number of hydrogen-bond acceptors (Lipinski definition) is 3. The van der Waals surface area contributed by atoms with Crippen molar-refractivity contribution in [3.05, 3.63) is 22.6 Å². The van der Waals surface area contributed by atoms with Crippen LogP contribution in [0.5, 0.6) is 0 Å². The zero-order valence-electron chi connectivity index (χ0n) is 9.72. The van der Waals surface area contributed by atoms with Crippen molar-refractivity contribution in [1.29, 1.82) is 0 Å². The van der Waals surface area contributed by atoms with E-state index in [4.69, 9.17) is 10.2 Å². The molecule has 2 aliphatic rings. The van der Waals surface area contributed by atoms with E-state index in [9.17, 15) is 0 Å². The predicted molar refractivity (Wildman–Crippen MR) is 63.2 cm³/mol. The molecule has 1 saturated carbocycles. The van der Waals surface area contributed by atoms with E-state index < -0.39 is 0 Å². The predicted octanol–water partition coefficient (Wildman–Crippen LogP) is 2.04. The van der Waals surface area contributed by atoms with Gasteiger partial charge >= 0.3 is 0 Å². The topological polar surface area (TPSA) is 51.2 Å². The van der Waals surface area contributed by atoms with Gasteiger partial charge in [0, 0.05) is 18.0 Å². The minimum Gasteiger partial charge on any atom is -0.464 e. The van der Waals surface area contributed by atoms with Crippen molar-refractivity contribution in [2.75, 3.05) is 6.54 Å². The van der Waals surface area contributed by atoms with Crippen LogP contribution in [0.4, 0.5) is 0 Å². The van der Waals surface area contributed by atoms with E-state index in [1.807, 2.05) is 0 Å². The molecule has 0 atom stereocenters. The molecule has 3 N–H and O–H groups in total. The van der Waals surface area contributed by atoms with Gasteiger partial charge in [0.05, 0.1) is 6.54 Å². The Kier molecular flexibility index (Phi) is 2.74. The second-order valence-electron chi connectivity index (χ2n) is 4.97. The van der Waals surface area contributed by atoms with Crippen LogP contribution in [0.25, 0.3) is 0 Å². The maximum absolute atomic E-state index is 6.08. The summed E-state index contributed by atoms with van der Waals surface area (Å²) in [5, 5.41) is 3.35. The van der Waals surface area contributed by atoms with E-state index in [2.05, 4.69) is 5.32 Å². The molecule has 1 fully saturated rings. The lowest BCUT2D eigenvalue weighted by Gasteiger charge is -2.09. The molecule has 0 unspecified atom stereocenters. The fourth-order valence-corrected chi connectivity index (χ4v) is 3.16. The van der Waals surface area contributed by atoms with Crippen LogP contribution >= 0.6 is 0 Å². The second-order valence-corrected chi connectivity index (χ2v) is 4.97. The van der Waals surface area contributed by atoms with Crippen molar-refractivity contribution in [2.45, 2.75) is 51.1 Å². The van der Waals surface area contributed by atoms with Gasteiger partial charge in [-0.1, -0.05) is 12.8 Å². The smallest absolute Gasteiger partial charge is 0.122 e. The van der Waals surface area contributed by atoms with Gasteiger partial charge in [-0.2, -0.15) is 0 Å². The molecule has 0 amide bonds. The van der Waals surface area contributed by atoms with Crippen molar-refractivity contribution in [2.24, 2.45) is 5.73 Å². The Bertz CT molecular complexity index is 378. The summed E-state index contributed by atoms with van der Waals surface area (Å²) in [6, 6.07) is 0. The monoisotopic (exact) mass is 220 g/mol. The fraction of sp³-hybridized carbons (Fsp3) is 0.692. The van der Waals surface area contributed by atoms with E-state index in [0.717, 1.165) is 26.1 Å². The SMILES string of the molecule is NCCc1c(C2CCCC2)oc2c1CNC2. The van der Waals surface area contributed by atoms with Crippen molar-refractivity contribution < 1.29 is 4.42 Å². The summed E-state index contributed by atoms with van der Waals surface area (Å²) < 4.78 is 6.08. The Balaban J connectivity index is 1.96. The molecule has 3 rings (SSSR count). The van der Waals surface area contributed by atoms with Crippen LogP contribution in [0.15, 0.2) is 4.42 Å². The normalized spacial score (nSPS) is 20.6. The first kappa shape index (κ1) is 10.4. The zero-order valence-corrected chi connectivity index (χ0v) is 9.72. The summed E-state index contributed by atoms with van der Waals surface area (Å²) in [6.45, 7) is 2.60. The van der Waals surface area contributed by atoms with Gasteiger partial charge < -0.3 is 15.5 Å². The number of furan rings is 1. The lowest BCUT2D eigenvalue weighted by Crippen LogP contribution is -2.09. The Morgan fingerprint density at radius 1 is 1.25 bits per heavy atom. The van der Waals surface area contributed by atoms with Gasteiger partial charge in [-0.15, -0.1) is 0 Å². The van der Waals surface area contributed by atoms with Crippen LogP contribution < -0.4 is 11.1 Å². The van der Waals surface area contributed by atoms with Gasteiger partial charge in [0.2, 0.25) is 0 Å². The molecule has 0 bridgehead atoms. The molecule has 0 spiro atoms. The number of hydrogen-bond donors (Lipinski definition) is 2. The fourth-order valence-electron chi connectivity index (χ4n) is 3.16. The van der Waals surface area contributed by atoms with Gasteiger partial charge in [-0.25, -0.2) is 0 Å². The van der Waals surface area contributed by atoms with E-state index in [-0.39, 0.29) is 0 Å². The molecule has 16 heavy (non-hydrogen) atoms. The molecule has 88 valence electrons. The minimum absolute atomic E-state index is 0.673. The largest absolute Gasteiger partial charge is 0.464 e. The molecule has 1 aromatic heterocycles. The standard InChI is InChI=1S/C13H20N2O/c14-6-5-10-11-7-15-8-12(11)16-13(10)9-3-1-2-4-9/h9,15H,1-8,14H2. The van der Waals surface area contributed by atoms with Gasteiger partial charge in [0.25, 0.3) is 0 Å². The van der Waals surface area contributed by atoms with Crippen molar-refractivity contribution in [3.8, 4) is 0 Å². The van der Waals surface area contributed by atoms with Crippen LogP contribution in [0.2, 0.25) is 0 Å². The molecule has 3 heteroatoms. The molecular formula is C13H20N2O. The Morgan fingerprint density at radius 3 is 2.81 bits per heavy atom. The average molecular weight is 220 g/mol. The van der Waals surface area contributed by atoms with Crippen LogP contribution in [-0.2, 0) is 19.5 Å². The van der Waals surface area contributed by atoms with E-state index in [1.54, 1.807) is 0 Å². The lowest BCUT2D eigenvalue weighted by atomic mass is 9.97. The highest BCUT2D eigenvalue weighted by Crippen LogP contribution is 2.40. The molecule has 0 radical (unpaired) electrons. The third-order valence-corrected chi connectivity index (χ3v) is 3.94. The van der Waals surface area contributed by atoms with Crippen molar-refractivity contribution >= 4 is 0 Å². The molecule has 2 heterocycles. The van der Waals surface area contributed by atoms with Gasteiger partial charge in [0.15, 0.2) is 0 Å². The Morgan fingerprint density at radius 2 is 2.06 bits per heavy atom. The second kappa shape index (κ2) is 4.22. The van der Waals surface area contributed by atoms with Gasteiger partial charge in [-0.3, -0.25) is 0 Å². The molecule has 1 aliphatic heterocycles. The first-order valence-electron chi connectivity index (χ1n) is 6.44. The van der Waals surface area contributed by atoms with Crippen molar-refractivity contribution in [3.63, 3.8) is 0 Å². The van der Waals surface area contributed by atoms with Crippen LogP contribution in [-0.4, -0.2) is 6.54 Å². The number of nitrogens with one attached hydrogen (secondary N) is 1. The summed E-state index contributed by atoms with van der Waals surface area (Å²) >= 11 is 0. The number of rotatable bonds is 3. The van der Waals surface area contributed by atoms with Gasteiger partial charge in [0.1, 0.15) is 11.5 Å². The summed E-state index contributed by atoms with van der Waals surface area (Å²) in [5.74, 6) is 3.12. The highest BCUT2D eigenvalue weighted by Gasteiger charge is 2.29. The lowest BCUT2D eigenvalue weighted by molar-refractivity contribution is 0.424. The van der Waals surface area contributed by atoms with E-state index in [1.165, 1.54) is 48.3 Å². The number of nitrogens with two attached hydrogens (primary N) is 1. The summed E-state index contributed by atoms with van der Waals surface area (Å²) in [5.41, 5.74) is 8.55. The molecule has 3 nitrogen and oxygen atoms in total. The van der Waals surface area contributed by atoms with E-state index >= 15 is 0 Å². The van der Waals surface area contributed by atoms with Gasteiger partial charge in [-0.05, 0) is 31.4 Å². The zero-order chi connectivity index (χ0) is 11.0. The minimum atomic E-state index is 0.673. The maximum Gasteiger partial charge on any atom is 0.122 e. The molecular weight excluding hydrogens is 200 g/mol. The highest BCUT2D eigenvalue weighted by atomic mass is 16.3.